The smallest absolute Gasteiger partial charge is 0.119 e. The summed E-state index contributed by atoms with van der Waals surface area (Å²) in [6.07, 6.45) is 0. The van der Waals surface area contributed by atoms with Crippen LogP contribution in [0.3, 0.4) is 0 Å². The van der Waals surface area contributed by atoms with Crippen LogP contribution in [0.5, 0.6) is 5.75 Å². The van der Waals surface area contributed by atoms with E-state index < -0.39 is 0 Å². The van der Waals surface area contributed by atoms with E-state index >= 15 is 0 Å². The number of aliphatic hydroxyl groups is 1. The van der Waals surface area contributed by atoms with Gasteiger partial charge in [0.25, 0.3) is 0 Å². The Kier molecular flexibility index (Phi) is 3.56. The van der Waals surface area contributed by atoms with Crippen molar-refractivity contribution in [1.29, 1.82) is 0 Å². The second-order valence-corrected chi connectivity index (χ2v) is 3.53. The third kappa shape index (κ3) is 2.22. The van der Waals surface area contributed by atoms with Crippen molar-refractivity contribution in [3.05, 3.63) is 29.8 Å². The van der Waals surface area contributed by atoms with E-state index in [1.54, 1.807) is 7.11 Å². The van der Waals surface area contributed by atoms with E-state index in [0.29, 0.717) is 0 Å². The van der Waals surface area contributed by atoms with E-state index in [1.807, 2.05) is 24.3 Å². The topological polar surface area (TPSA) is 29.5 Å². The lowest BCUT2D eigenvalue weighted by molar-refractivity contribution is 0.298. The van der Waals surface area contributed by atoms with Crippen LogP contribution in [0, 0.1) is 0 Å². The Morgan fingerprint density at radius 3 is 2.92 bits per heavy atom. The molecule has 0 spiro atoms. The van der Waals surface area contributed by atoms with Gasteiger partial charge in [-0.3, -0.25) is 0 Å². The maximum absolute atomic E-state index is 8.86. The molecule has 1 aromatic carbocycles. The van der Waals surface area contributed by atoms with Gasteiger partial charge in [0.2, 0.25) is 0 Å². The number of ether oxygens (including phenoxy) is 1. The highest BCUT2D eigenvalue weighted by atomic mass is 79.9. The third-order valence-electron chi connectivity index (χ3n) is 1.62. The number of aliphatic hydroxyl groups excluding tert-OH is 1. The fourth-order valence-electron chi connectivity index (χ4n) is 0.942. The molecule has 1 atom stereocenters. The van der Waals surface area contributed by atoms with Crippen LogP contribution in [0.25, 0.3) is 0 Å². The summed E-state index contributed by atoms with van der Waals surface area (Å²) >= 11 is 3.34. The van der Waals surface area contributed by atoms with Gasteiger partial charge in [0.05, 0.1) is 18.5 Å². The molecule has 0 aliphatic rings. The lowest BCUT2D eigenvalue weighted by atomic mass is 10.1. The molecule has 0 radical (unpaired) electrons. The summed E-state index contributed by atoms with van der Waals surface area (Å²) in [5.74, 6) is 0.811. The van der Waals surface area contributed by atoms with Crippen molar-refractivity contribution in [3.63, 3.8) is 0 Å². The van der Waals surface area contributed by atoms with Gasteiger partial charge in [0.15, 0.2) is 0 Å². The number of methoxy groups -OCH3 is 1. The minimum absolute atomic E-state index is 0.00685. The molecule has 66 valence electrons. The van der Waals surface area contributed by atoms with Crippen molar-refractivity contribution in [3.8, 4) is 5.75 Å². The summed E-state index contributed by atoms with van der Waals surface area (Å²) in [4.78, 5) is -0.00685. The van der Waals surface area contributed by atoms with Gasteiger partial charge >= 0.3 is 0 Å². The summed E-state index contributed by atoms with van der Waals surface area (Å²) in [6, 6.07) is 7.62. The fourth-order valence-corrected chi connectivity index (χ4v) is 1.23. The summed E-state index contributed by atoms with van der Waals surface area (Å²) in [5, 5.41) is 8.86. The molecule has 0 aromatic heterocycles. The van der Waals surface area contributed by atoms with Crippen molar-refractivity contribution >= 4 is 15.9 Å². The highest BCUT2D eigenvalue weighted by Crippen LogP contribution is 2.24. The van der Waals surface area contributed by atoms with Gasteiger partial charge < -0.3 is 9.84 Å². The van der Waals surface area contributed by atoms with Gasteiger partial charge in [-0.1, -0.05) is 28.1 Å². The van der Waals surface area contributed by atoms with E-state index in [9.17, 15) is 0 Å². The molecular weight excluding hydrogens is 220 g/mol. The molecule has 0 heterocycles. The third-order valence-corrected chi connectivity index (χ3v) is 2.43. The van der Waals surface area contributed by atoms with E-state index in [4.69, 9.17) is 9.84 Å². The van der Waals surface area contributed by atoms with Crippen LogP contribution in [0.4, 0.5) is 0 Å². The average Bonchev–Trinajstić information content (AvgIpc) is 2.17. The van der Waals surface area contributed by atoms with Crippen molar-refractivity contribution in [2.24, 2.45) is 0 Å². The lowest BCUT2D eigenvalue weighted by Gasteiger charge is -2.07. The molecule has 1 unspecified atom stereocenters. The van der Waals surface area contributed by atoms with Crippen LogP contribution in [-0.2, 0) is 0 Å². The van der Waals surface area contributed by atoms with Crippen molar-refractivity contribution < 1.29 is 9.84 Å². The number of halogens is 1. The van der Waals surface area contributed by atoms with Gasteiger partial charge in [0, 0.05) is 0 Å². The Hall–Kier alpha value is -0.540. The number of hydrogen-bond acceptors (Lipinski definition) is 2. The number of alkyl halides is 1. The zero-order chi connectivity index (χ0) is 8.97. The monoisotopic (exact) mass is 230 g/mol. The molecule has 0 aliphatic heterocycles. The van der Waals surface area contributed by atoms with Crippen LogP contribution < -0.4 is 4.74 Å². The maximum atomic E-state index is 8.86. The van der Waals surface area contributed by atoms with Gasteiger partial charge in [0.1, 0.15) is 5.75 Å². The number of rotatable bonds is 3. The number of hydrogen-bond donors (Lipinski definition) is 1. The van der Waals surface area contributed by atoms with Gasteiger partial charge in [-0.2, -0.15) is 0 Å². The molecular formula is C9H11BrO2. The molecule has 1 N–H and O–H groups in total. The molecule has 2 nitrogen and oxygen atoms in total. The van der Waals surface area contributed by atoms with Crippen molar-refractivity contribution in [2.75, 3.05) is 13.7 Å². The normalized spacial score (nSPS) is 12.6. The zero-order valence-corrected chi connectivity index (χ0v) is 8.41. The predicted octanol–water partition coefficient (Wildman–Crippen LogP) is 2.12. The standard InChI is InChI=1S/C9H11BrO2/c1-12-8-4-2-3-7(5-8)9(10)6-11/h2-5,9,11H,6H2,1H3. The van der Waals surface area contributed by atoms with Gasteiger partial charge in [-0.25, -0.2) is 0 Å². The Bertz CT molecular complexity index is 250. The molecule has 0 aliphatic carbocycles. The minimum Gasteiger partial charge on any atom is -0.497 e. The molecule has 0 amide bonds. The van der Waals surface area contributed by atoms with E-state index in [0.717, 1.165) is 11.3 Å². The second-order valence-electron chi connectivity index (χ2n) is 2.43. The summed E-state index contributed by atoms with van der Waals surface area (Å²) < 4.78 is 5.05. The second kappa shape index (κ2) is 4.48. The first kappa shape index (κ1) is 9.55. The first-order valence-electron chi connectivity index (χ1n) is 3.67. The van der Waals surface area contributed by atoms with E-state index in [-0.39, 0.29) is 11.4 Å². The SMILES string of the molecule is COc1cccc(C(Br)CO)c1. The van der Waals surface area contributed by atoms with E-state index in [1.165, 1.54) is 0 Å². The quantitative estimate of drug-likeness (QED) is 0.807. The minimum atomic E-state index is -0.00685. The Balaban J connectivity index is 2.86. The summed E-state index contributed by atoms with van der Waals surface area (Å²) in [5.41, 5.74) is 1.02. The Morgan fingerprint density at radius 1 is 1.58 bits per heavy atom. The molecule has 1 aromatic rings. The molecule has 0 fully saturated rings. The number of benzene rings is 1. The Morgan fingerprint density at radius 2 is 2.33 bits per heavy atom. The van der Waals surface area contributed by atoms with Crippen LogP contribution in [0.15, 0.2) is 24.3 Å². The van der Waals surface area contributed by atoms with E-state index in [2.05, 4.69) is 15.9 Å². The average molecular weight is 231 g/mol. The van der Waals surface area contributed by atoms with Crippen LogP contribution in [0.1, 0.15) is 10.4 Å². The highest BCUT2D eigenvalue weighted by molar-refractivity contribution is 9.09. The van der Waals surface area contributed by atoms with Crippen LogP contribution in [0.2, 0.25) is 0 Å². The predicted molar refractivity (Wildman–Crippen MR) is 51.7 cm³/mol. The van der Waals surface area contributed by atoms with Crippen LogP contribution in [-0.4, -0.2) is 18.8 Å². The molecule has 0 saturated heterocycles. The fraction of sp³-hybridized carbons (Fsp3) is 0.333. The largest absolute Gasteiger partial charge is 0.497 e. The molecule has 12 heavy (non-hydrogen) atoms. The van der Waals surface area contributed by atoms with Gasteiger partial charge in [-0.05, 0) is 17.7 Å². The first-order chi connectivity index (χ1) is 5.77. The molecule has 0 bridgehead atoms. The van der Waals surface area contributed by atoms with Crippen molar-refractivity contribution in [2.45, 2.75) is 4.83 Å². The summed E-state index contributed by atoms with van der Waals surface area (Å²) in [7, 11) is 1.63. The van der Waals surface area contributed by atoms with Crippen LogP contribution >= 0.6 is 15.9 Å². The highest BCUT2D eigenvalue weighted by Gasteiger charge is 2.05. The Labute approximate surface area is 80.3 Å². The maximum Gasteiger partial charge on any atom is 0.119 e. The van der Waals surface area contributed by atoms with Crippen molar-refractivity contribution in [1.82, 2.24) is 0 Å². The van der Waals surface area contributed by atoms with Gasteiger partial charge in [-0.15, -0.1) is 0 Å². The molecule has 0 saturated carbocycles. The lowest BCUT2D eigenvalue weighted by Crippen LogP contribution is -1.95. The molecule has 1 rings (SSSR count). The first-order valence-corrected chi connectivity index (χ1v) is 4.58. The zero-order valence-electron chi connectivity index (χ0n) is 6.83. The molecule has 3 heteroatoms. The summed E-state index contributed by atoms with van der Waals surface area (Å²) in [6.45, 7) is 0.0904.